The van der Waals surface area contributed by atoms with E-state index in [0.717, 1.165) is 18.7 Å². The zero-order valence-electron chi connectivity index (χ0n) is 18.2. The molecule has 31 heavy (non-hydrogen) atoms. The predicted octanol–water partition coefficient (Wildman–Crippen LogP) is 3.90. The molecule has 166 valence electrons. The smallest absolute Gasteiger partial charge is 0.237 e. The average molecular weight is 441 g/mol. The molecule has 2 aromatic rings. The summed E-state index contributed by atoms with van der Waals surface area (Å²) in [5.74, 6) is 1.55. The molecule has 1 aliphatic heterocycles. The predicted molar refractivity (Wildman–Crippen MR) is 124 cm³/mol. The van der Waals surface area contributed by atoms with E-state index in [4.69, 9.17) is 4.74 Å². The van der Waals surface area contributed by atoms with Crippen molar-refractivity contribution in [3.63, 3.8) is 0 Å². The van der Waals surface area contributed by atoms with Crippen molar-refractivity contribution in [1.82, 2.24) is 9.80 Å². The first kappa shape index (κ1) is 22.1. The lowest BCUT2D eigenvalue weighted by molar-refractivity contribution is -0.136. The molecular weight excluding hydrogens is 408 g/mol. The number of aliphatic hydroxyl groups is 1. The molecule has 6 heteroatoms. The Balaban J connectivity index is 1.48. The van der Waals surface area contributed by atoms with Crippen molar-refractivity contribution in [3.8, 4) is 5.75 Å². The van der Waals surface area contributed by atoms with Crippen LogP contribution in [0.4, 0.5) is 0 Å². The minimum atomic E-state index is -1.01. The quantitative estimate of drug-likeness (QED) is 0.570. The molecule has 1 aromatic carbocycles. The second-order valence-corrected chi connectivity index (χ2v) is 9.95. The summed E-state index contributed by atoms with van der Waals surface area (Å²) < 4.78 is 6.07. The van der Waals surface area contributed by atoms with Crippen LogP contribution in [0.3, 0.4) is 0 Å². The third kappa shape index (κ3) is 5.76. The Hall–Kier alpha value is -2.15. The fourth-order valence-corrected chi connectivity index (χ4v) is 5.14. The maximum Gasteiger partial charge on any atom is 0.237 e. The first-order valence-corrected chi connectivity index (χ1v) is 11.9. The molecule has 1 aliphatic carbocycles. The van der Waals surface area contributed by atoms with Gasteiger partial charge < -0.3 is 14.7 Å². The zero-order valence-corrected chi connectivity index (χ0v) is 19.0. The normalized spacial score (nSPS) is 20.2. The van der Waals surface area contributed by atoms with Gasteiger partial charge in [-0.3, -0.25) is 9.69 Å². The lowest BCUT2D eigenvalue weighted by atomic mass is 10.00. The minimum absolute atomic E-state index is 0.0922. The fraction of sp³-hybridized carbons (Fsp3) is 0.480. The number of benzene rings is 1. The number of amides is 1. The van der Waals surface area contributed by atoms with Gasteiger partial charge in [0, 0.05) is 24.5 Å². The Bertz CT molecular complexity index is 891. The van der Waals surface area contributed by atoms with Crippen molar-refractivity contribution < 1.29 is 14.6 Å². The van der Waals surface area contributed by atoms with Gasteiger partial charge in [-0.2, -0.15) is 0 Å². The minimum Gasteiger partial charge on any atom is -0.491 e. The van der Waals surface area contributed by atoms with Gasteiger partial charge in [0.05, 0.1) is 18.2 Å². The summed E-state index contributed by atoms with van der Waals surface area (Å²) in [5, 5.41) is 12.6. The number of carbonyl (C=O) groups excluding carboxylic acids is 1. The number of ether oxygens (including phenoxy) is 1. The number of carbonyl (C=O) groups is 1. The summed E-state index contributed by atoms with van der Waals surface area (Å²) in [6.45, 7) is 8.20. The molecule has 1 N–H and O–H groups in total. The number of hydrogen-bond acceptors (Lipinski definition) is 5. The molecule has 5 nitrogen and oxygen atoms in total. The first-order chi connectivity index (χ1) is 14.9. The summed E-state index contributed by atoms with van der Waals surface area (Å²) in [6, 6.07) is 11.8. The molecule has 1 saturated carbocycles. The van der Waals surface area contributed by atoms with Gasteiger partial charge in [-0.05, 0) is 61.2 Å². The molecule has 0 spiro atoms. The molecule has 1 amide bonds. The van der Waals surface area contributed by atoms with Crippen LogP contribution >= 0.6 is 11.3 Å². The van der Waals surface area contributed by atoms with Gasteiger partial charge in [0.15, 0.2) is 0 Å². The summed E-state index contributed by atoms with van der Waals surface area (Å²) in [4.78, 5) is 18.9. The maximum atomic E-state index is 13.5. The molecule has 2 atom stereocenters. The number of rotatable bonds is 10. The molecule has 1 aromatic heterocycles. The summed E-state index contributed by atoms with van der Waals surface area (Å²) in [5.41, 5.74) is 0.195. The second kappa shape index (κ2) is 9.55. The second-order valence-electron chi connectivity index (χ2n) is 8.95. The van der Waals surface area contributed by atoms with E-state index >= 15 is 0 Å². The Morgan fingerprint density at radius 3 is 2.84 bits per heavy atom. The third-order valence-electron chi connectivity index (χ3n) is 6.12. The highest BCUT2D eigenvalue weighted by molar-refractivity contribution is 7.10. The first-order valence-electron chi connectivity index (χ1n) is 11.1. The fourth-order valence-electron chi connectivity index (χ4n) is 4.22. The van der Waals surface area contributed by atoms with Crippen LogP contribution in [0.1, 0.15) is 36.2 Å². The van der Waals surface area contributed by atoms with E-state index in [-0.39, 0.29) is 11.9 Å². The van der Waals surface area contributed by atoms with E-state index < -0.39 is 5.60 Å². The summed E-state index contributed by atoms with van der Waals surface area (Å²) >= 11 is 1.76. The van der Waals surface area contributed by atoms with Gasteiger partial charge in [0.25, 0.3) is 0 Å². The molecular formula is C25H32N2O3S. The van der Waals surface area contributed by atoms with Crippen LogP contribution in [0.2, 0.25) is 0 Å². The maximum absolute atomic E-state index is 13.5. The zero-order chi connectivity index (χ0) is 21.8. The Kier molecular flexibility index (Phi) is 6.80. The van der Waals surface area contributed by atoms with Crippen molar-refractivity contribution in [2.75, 3.05) is 32.8 Å². The van der Waals surface area contributed by atoms with E-state index in [1.807, 2.05) is 35.2 Å². The van der Waals surface area contributed by atoms with E-state index in [2.05, 4.69) is 22.9 Å². The number of hydrogen-bond donors (Lipinski definition) is 1. The van der Waals surface area contributed by atoms with Gasteiger partial charge in [0.1, 0.15) is 12.4 Å². The highest BCUT2D eigenvalue weighted by atomic mass is 32.1. The lowest BCUT2D eigenvalue weighted by Crippen LogP contribution is -2.49. The third-order valence-corrected chi connectivity index (χ3v) is 7.12. The standard InChI is InChI=1S/C25H32N2O3S/c1-3-25(2,29)18-26(15-19-9-10-19)16-24(28)27-13-11-23-21(12-14-31-23)22(27)17-30-20-7-5-4-6-8-20/h3-8,12,14,19,22,29H,1,9-11,13,15-18H2,2H3/t22-,25-/m0/s1. The van der Waals surface area contributed by atoms with Crippen molar-refractivity contribution in [1.29, 1.82) is 0 Å². The van der Waals surface area contributed by atoms with E-state index in [1.165, 1.54) is 23.3 Å². The topological polar surface area (TPSA) is 53.0 Å². The Morgan fingerprint density at radius 2 is 2.13 bits per heavy atom. The van der Waals surface area contributed by atoms with Crippen molar-refractivity contribution in [2.24, 2.45) is 5.92 Å². The van der Waals surface area contributed by atoms with Crippen LogP contribution < -0.4 is 4.74 Å². The molecule has 0 radical (unpaired) electrons. The van der Waals surface area contributed by atoms with Crippen LogP contribution in [-0.4, -0.2) is 59.2 Å². The van der Waals surface area contributed by atoms with E-state index in [0.29, 0.717) is 32.2 Å². The van der Waals surface area contributed by atoms with Crippen LogP contribution in [0, 0.1) is 5.92 Å². The SMILES string of the molecule is C=C[C@](C)(O)CN(CC(=O)N1CCc2sccc2[C@@H]1COc1ccccc1)CC1CC1. The van der Waals surface area contributed by atoms with E-state index in [9.17, 15) is 9.90 Å². The van der Waals surface area contributed by atoms with Crippen molar-refractivity contribution in [3.05, 3.63) is 64.9 Å². The van der Waals surface area contributed by atoms with Crippen molar-refractivity contribution in [2.45, 2.75) is 37.8 Å². The van der Waals surface area contributed by atoms with Gasteiger partial charge in [-0.25, -0.2) is 0 Å². The number of thiophene rings is 1. The molecule has 1 fully saturated rings. The highest BCUT2D eigenvalue weighted by Gasteiger charge is 2.35. The highest BCUT2D eigenvalue weighted by Crippen LogP contribution is 2.34. The molecule has 0 unspecified atom stereocenters. The Morgan fingerprint density at radius 1 is 1.35 bits per heavy atom. The van der Waals surface area contributed by atoms with E-state index in [1.54, 1.807) is 24.3 Å². The molecule has 4 rings (SSSR count). The lowest BCUT2D eigenvalue weighted by Gasteiger charge is -2.38. The van der Waals surface area contributed by atoms with Gasteiger partial charge >= 0.3 is 0 Å². The summed E-state index contributed by atoms with van der Waals surface area (Å²) in [7, 11) is 0. The molecule has 2 aliphatic rings. The number of para-hydroxylation sites is 1. The van der Waals surface area contributed by atoms with Crippen LogP contribution in [0.25, 0.3) is 0 Å². The average Bonchev–Trinajstić information content (AvgIpc) is 3.44. The van der Waals surface area contributed by atoms with Crippen molar-refractivity contribution >= 4 is 17.2 Å². The number of fused-ring (bicyclic) bond motifs is 1. The molecule has 0 saturated heterocycles. The van der Waals surface area contributed by atoms with Gasteiger partial charge in [-0.1, -0.05) is 24.3 Å². The monoisotopic (exact) mass is 440 g/mol. The molecule has 2 heterocycles. The Labute approximate surface area is 188 Å². The van der Waals surface area contributed by atoms with Gasteiger partial charge in [0.2, 0.25) is 5.91 Å². The van der Waals surface area contributed by atoms with Crippen LogP contribution in [0.5, 0.6) is 5.75 Å². The largest absolute Gasteiger partial charge is 0.491 e. The van der Waals surface area contributed by atoms with Gasteiger partial charge in [-0.15, -0.1) is 17.9 Å². The molecule has 0 bridgehead atoms. The van der Waals surface area contributed by atoms with Crippen LogP contribution in [-0.2, 0) is 11.2 Å². The summed E-state index contributed by atoms with van der Waals surface area (Å²) in [6.07, 6.45) is 4.85. The number of nitrogens with zero attached hydrogens (tertiary/aromatic N) is 2. The van der Waals surface area contributed by atoms with Crippen LogP contribution in [0.15, 0.2) is 54.4 Å².